The Hall–Kier alpha value is -3.09. The summed E-state index contributed by atoms with van der Waals surface area (Å²) in [7, 11) is 0. The molecule has 1 unspecified atom stereocenters. The van der Waals surface area contributed by atoms with E-state index < -0.39 is 0 Å². The van der Waals surface area contributed by atoms with Crippen molar-refractivity contribution in [2.45, 2.75) is 39.2 Å². The van der Waals surface area contributed by atoms with Crippen molar-refractivity contribution in [1.82, 2.24) is 19.6 Å². The van der Waals surface area contributed by atoms with Gasteiger partial charge in [-0.05, 0) is 51.0 Å². The highest BCUT2D eigenvalue weighted by molar-refractivity contribution is 5.96. The van der Waals surface area contributed by atoms with Gasteiger partial charge in [0.1, 0.15) is 16.9 Å². The van der Waals surface area contributed by atoms with Crippen LogP contribution in [-0.2, 0) is 5.54 Å². The molecule has 7 nitrogen and oxygen atoms in total. The average Bonchev–Trinajstić information content (AvgIpc) is 3.45. The number of hydrogen-bond donors (Lipinski definition) is 0. The number of aryl methyl sites for hydroxylation is 2. The molecule has 1 amide bonds. The second-order valence-electron chi connectivity index (χ2n) is 7.97. The van der Waals surface area contributed by atoms with Crippen LogP contribution in [0.3, 0.4) is 0 Å². The van der Waals surface area contributed by atoms with E-state index in [-0.39, 0.29) is 11.4 Å². The van der Waals surface area contributed by atoms with E-state index in [0.717, 1.165) is 30.9 Å². The van der Waals surface area contributed by atoms with Gasteiger partial charge in [0.05, 0.1) is 17.1 Å². The van der Waals surface area contributed by atoms with Gasteiger partial charge in [0.2, 0.25) is 0 Å². The van der Waals surface area contributed by atoms with Crippen molar-refractivity contribution >= 4 is 11.6 Å². The monoisotopic (exact) mass is 391 g/mol. The van der Waals surface area contributed by atoms with Gasteiger partial charge in [0.15, 0.2) is 5.82 Å². The molecule has 7 heteroatoms. The third-order valence-corrected chi connectivity index (χ3v) is 6.26. The summed E-state index contributed by atoms with van der Waals surface area (Å²) in [6.07, 6.45) is 5.81. The van der Waals surface area contributed by atoms with Crippen molar-refractivity contribution < 1.29 is 9.32 Å². The van der Waals surface area contributed by atoms with Crippen molar-refractivity contribution in [3.05, 3.63) is 59.4 Å². The SMILES string of the molecule is CCCN1c2cccnc2-n2cccc2C12CCN(C(=O)c1c(C)noc1C)C2. The van der Waals surface area contributed by atoms with E-state index in [1.54, 1.807) is 6.92 Å². The molecule has 3 aromatic heterocycles. The summed E-state index contributed by atoms with van der Waals surface area (Å²) < 4.78 is 7.43. The molecule has 150 valence electrons. The van der Waals surface area contributed by atoms with Gasteiger partial charge < -0.3 is 18.9 Å². The van der Waals surface area contributed by atoms with E-state index in [1.807, 2.05) is 24.1 Å². The van der Waals surface area contributed by atoms with Gasteiger partial charge in [0.25, 0.3) is 5.91 Å². The third-order valence-electron chi connectivity index (χ3n) is 6.26. The quantitative estimate of drug-likeness (QED) is 0.684. The molecule has 0 bridgehead atoms. The number of carbonyl (C=O) groups excluding carboxylic acids is 1. The maximum absolute atomic E-state index is 13.3. The zero-order chi connectivity index (χ0) is 20.2. The van der Waals surface area contributed by atoms with Gasteiger partial charge in [-0.3, -0.25) is 4.79 Å². The minimum atomic E-state index is -0.260. The van der Waals surface area contributed by atoms with Crippen molar-refractivity contribution in [3.8, 4) is 5.82 Å². The van der Waals surface area contributed by atoms with Crippen LogP contribution in [0.4, 0.5) is 5.69 Å². The van der Waals surface area contributed by atoms with Gasteiger partial charge in [-0.2, -0.15) is 0 Å². The minimum absolute atomic E-state index is 0.00432. The van der Waals surface area contributed by atoms with Crippen LogP contribution in [0.15, 0.2) is 41.2 Å². The summed E-state index contributed by atoms with van der Waals surface area (Å²) >= 11 is 0. The normalized spacial score (nSPS) is 20.2. The summed E-state index contributed by atoms with van der Waals surface area (Å²) in [6, 6.07) is 8.38. The molecule has 5 rings (SSSR count). The van der Waals surface area contributed by atoms with Crippen molar-refractivity contribution in [2.24, 2.45) is 0 Å². The highest BCUT2D eigenvalue weighted by atomic mass is 16.5. The lowest BCUT2D eigenvalue weighted by Gasteiger charge is -2.47. The lowest BCUT2D eigenvalue weighted by atomic mass is 9.88. The Kier molecular flexibility index (Phi) is 4.01. The first-order chi connectivity index (χ1) is 14.1. The highest BCUT2D eigenvalue weighted by Crippen LogP contribution is 2.47. The van der Waals surface area contributed by atoms with E-state index in [9.17, 15) is 4.79 Å². The van der Waals surface area contributed by atoms with E-state index in [2.05, 4.69) is 50.9 Å². The molecule has 1 fully saturated rings. The fraction of sp³-hybridized carbons (Fsp3) is 0.409. The predicted octanol–water partition coefficient (Wildman–Crippen LogP) is 3.45. The smallest absolute Gasteiger partial charge is 0.259 e. The number of likely N-dealkylation sites (tertiary alicyclic amines) is 1. The number of aromatic nitrogens is 3. The summed E-state index contributed by atoms with van der Waals surface area (Å²) in [4.78, 5) is 22.4. The molecule has 2 aliphatic heterocycles. The highest BCUT2D eigenvalue weighted by Gasteiger charge is 2.50. The van der Waals surface area contributed by atoms with Crippen LogP contribution >= 0.6 is 0 Å². The van der Waals surface area contributed by atoms with Crippen LogP contribution in [0.25, 0.3) is 5.82 Å². The van der Waals surface area contributed by atoms with Crippen LogP contribution in [-0.4, -0.2) is 45.1 Å². The van der Waals surface area contributed by atoms with Crippen LogP contribution in [0, 0.1) is 13.8 Å². The van der Waals surface area contributed by atoms with Crippen molar-refractivity contribution in [2.75, 3.05) is 24.5 Å². The van der Waals surface area contributed by atoms with Crippen molar-refractivity contribution in [1.29, 1.82) is 0 Å². The van der Waals surface area contributed by atoms with Crippen LogP contribution in [0.2, 0.25) is 0 Å². The second kappa shape index (κ2) is 6.47. The minimum Gasteiger partial charge on any atom is -0.361 e. The molecule has 0 aliphatic carbocycles. The molecule has 1 atom stereocenters. The molecule has 1 spiro atoms. The Balaban J connectivity index is 1.59. The Labute approximate surface area is 169 Å². The zero-order valence-electron chi connectivity index (χ0n) is 17.1. The van der Waals surface area contributed by atoms with Gasteiger partial charge in [-0.25, -0.2) is 4.98 Å². The molecular formula is C22H25N5O2. The predicted molar refractivity (Wildman–Crippen MR) is 109 cm³/mol. The zero-order valence-corrected chi connectivity index (χ0v) is 17.1. The molecule has 5 heterocycles. The lowest BCUT2D eigenvalue weighted by Crippen LogP contribution is -2.53. The fourth-order valence-electron chi connectivity index (χ4n) is 5.00. The number of carbonyl (C=O) groups is 1. The van der Waals surface area contributed by atoms with E-state index >= 15 is 0 Å². The molecule has 2 aliphatic rings. The number of amides is 1. The largest absolute Gasteiger partial charge is 0.361 e. The first-order valence-electron chi connectivity index (χ1n) is 10.2. The Bertz CT molecular complexity index is 1070. The Morgan fingerprint density at radius 2 is 2.14 bits per heavy atom. The summed E-state index contributed by atoms with van der Waals surface area (Å²) in [6.45, 7) is 8.07. The van der Waals surface area contributed by atoms with E-state index in [4.69, 9.17) is 4.52 Å². The summed E-state index contributed by atoms with van der Waals surface area (Å²) in [5.41, 5.74) is 3.32. The first kappa shape index (κ1) is 18.0. The van der Waals surface area contributed by atoms with Crippen LogP contribution in [0.5, 0.6) is 0 Å². The van der Waals surface area contributed by atoms with Crippen LogP contribution in [0.1, 0.15) is 47.3 Å². The summed E-state index contributed by atoms with van der Waals surface area (Å²) in [5.74, 6) is 1.55. The van der Waals surface area contributed by atoms with Gasteiger partial charge in [-0.1, -0.05) is 12.1 Å². The standard InChI is InChI=1S/C22H25N5O2/c1-4-11-27-17-7-5-10-23-20(17)26-12-6-8-18(26)22(27)9-13-25(14-22)21(28)19-15(2)24-29-16(19)3/h5-8,10,12H,4,9,11,13-14H2,1-3H3. The maximum atomic E-state index is 13.3. The molecular weight excluding hydrogens is 366 g/mol. The number of fused-ring (bicyclic) bond motifs is 4. The number of pyridine rings is 1. The molecule has 0 saturated carbocycles. The summed E-state index contributed by atoms with van der Waals surface area (Å²) in [5, 5.41) is 3.97. The molecule has 29 heavy (non-hydrogen) atoms. The number of anilines is 1. The number of nitrogens with zero attached hydrogens (tertiary/aromatic N) is 5. The Morgan fingerprint density at radius 3 is 2.90 bits per heavy atom. The van der Waals surface area contributed by atoms with Gasteiger partial charge in [-0.15, -0.1) is 0 Å². The van der Waals surface area contributed by atoms with E-state index in [1.165, 1.54) is 5.69 Å². The van der Waals surface area contributed by atoms with Gasteiger partial charge >= 0.3 is 0 Å². The number of rotatable bonds is 3. The fourth-order valence-corrected chi connectivity index (χ4v) is 5.00. The number of hydrogen-bond acceptors (Lipinski definition) is 5. The topological polar surface area (TPSA) is 67.4 Å². The second-order valence-corrected chi connectivity index (χ2v) is 7.97. The van der Waals surface area contributed by atoms with E-state index in [0.29, 0.717) is 30.1 Å². The average molecular weight is 391 g/mol. The lowest BCUT2D eigenvalue weighted by molar-refractivity contribution is 0.0779. The molecule has 3 aromatic rings. The third kappa shape index (κ3) is 2.46. The van der Waals surface area contributed by atoms with Crippen molar-refractivity contribution in [3.63, 3.8) is 0 Å². The maximum Gasteiger partial charge on any atom is 0.259 e. The first-order valence-corrected chi connectivity index (χ1v) is 10.2. The molecule has 0 N–H and O–H groups in total. The molecule has 0 aromatic carbocycles. The van der Waals surface area contributed by atoms with Crippen LogP contribution < -0.4 is 4.90 Å². The molecule has 0 radical (unpaired) electrons. The molecule has 1 saturated heterocycles. The Morgan fingerprint density at radius 1 is 1.28 bits per heavy atom. The van der Waals surface area contributed by atoms with Gasteiger partial charge in [0, 0.05) is 32.0 Å².